The lowest BCUT2D eigenvalue weighted by Crippen LogP contribution is -2.12. The van der Waals surface area contributed by atoms with Crippen LogP contribution in [0.15, 0.2) is 21.4 Å². The van der Waals surface area contributed by atoms with Crippen LogP contribution in [0, 0.1) is 0 Å². The Kier molecular flexibility index (Phi) is 2.84. The van der Waals surface area contributed by atoms with Gasteiger partial charge in [-0.15, -0.1) is 11.3 Å². The van der Waals surface area contributed by atoms with E-state index >= 15 is 0 Å². The highest BCUT2D eigenvalue weighted by molar-refractivity contribution is 9.10. The molecule has 3 rings (SSSR count). The highest BCUT2D eigenvalue weighted by Gasteiger charge is 2.29. The first kappa shape index (κ1) is 11.4. The van der Waals surface area contributed by atoms with Crippen molar-refractivity contribution in [1.29, 1.82) is 0 Å². The average molecular weight is 332 g/mol. The SMILES string of the molecule is O=c1[nH]c(-c2ccc(Cl)s2)nc(C2CC2)c1Br. The Balaban J connectivity index is 2.14. The Morgan fingerprint density at radius 3 is 2.82 bits per heavy atom. The van der Waals surface area contributed by atoms with E-state index in [1.807, 2.05) is 6.07 Å². The van der Waals surface area contributed by atoms with Crippen molar-refractivity contribution < 1.29 is 0 Å². The molecule has 0 amide bonds. The zero-order valence-electron chi connectivity index (χ0n) is 8.67. The third kappa shape index (κ3) is 2.19. The fourth-order valence-corrected chi connectivity index (χ4v) is 3.16. The summed E-state index contributed by atoms with van der Waals surface area (Å²) in [6.45, 7) is 0. The first-order chi connectivity index (χ1) is 8.15. The van der Waals surface area contributed by atoms with Crippen molar-refractivity contribution in [2.24, 2.45) is 0 Å². The van der Waals surface area contributed by atoms with E-state index in [0.717, 1.165) is 23.4 Å². The van der Waals surface area contributed by atoms with Gasteiger partial charge in [0.1, 0.15) is 4.47 Å². The molecule has 88 valence electrons. The molecule has 0 saturated heterocycles. The maximum Gasteiger partial charge on any atom is 0.265 e. The first-order valence-electron chi connectivity index (χ1n) is 5.20. The standard InChI is InChI=1S/C11H8BrClN2OS/c12-8-9(5-1-2-5)14-10(15-11(8)16)6-3-4-7(13)17-6/h3-5H,1-2H2,(H,14,15,16). The molecule has 1 N–H and O–H groups in total. The van der Waals surface area contributed by atoms with Gasteiger partial charge in [-0.05, 0) is 40.9 Å². The van der Waals surface area contributed by atoms with Crippen LogP contribution in [0.5, 0.6) is 0 Å². The fraction of sp³-hybridized carbons (Fsp3) is 0.273. The summed E-state index contributed by atoms with van der Waals surface area (Å²) in [5.74, 6) is 1.04. The number of hydrogen-bond donors (Lipinski definition) is 1. The summed E-state index contributed by atoms with van der Waals surface area (Å²) in [7, 11) is 0. The molecule has 6 heteroatoms. The van der Waals surface area contributed by atoms with Crippen molar-refractivity contribution in [3.63, 3.8) is 0 Å². The zero-order chi connectivity index (χ0) is 12.0. The minimum atomic E-state index is -0.124. The van der Waals surface area contributed by atoms with E-state index in [2.05, 4.69) is 25.9 Å². The van der Waals surface area contributed by atoms with Gasteiger partial charge >= 0.3 is 0 Å². The van der Waals surface area contributed by atoms with Gasteiger partial charge in [0.25, 0.3) is 5.56 Å². The Labute approximate surface area is 115 Å². The van der Waals surface area contributed by atoms with E-state index in [0.29, 0.717) is 20.6 Å². The van der Waals surface area contributed by atoms with Gasteiger partial charge in [0, 0.05) is 5.92 Å². The van der Waals surface area contributed by atoms with Crippen LogP contribution >= 0.6 is 38.9 Å². The normalized spacial score (nSPS) is 15.2. The molecule has 2 heterocycles. The van der Waals surface area contributed by atoms with Gasteiger partial charge in [0.2, 0.25) is 0 Å². The largest absolute Gasteiger partial charge is 0.305 e. The monoisotopic (exact) mass is 330 g/mol. The number of thiophene rings is 1. The second-order valence-corrected chi connectivity index (χ2v) is 6.50. The lowest BCUT2D eigenvalue weighted by molar-refractivity contribution is 0.962. The van der Waals surface area contributed by atoms with Crippen molar-refractivity contribution in [3.05, 3.63) is 37.0 Å². The molecular formula is C11H8BrClN2OS. The summed E-state index contributed by atoms with van der Waals surface area (Å²) in [4.78, 5) is 20.0. The van der Waals surface area contributed by atoms with Crippen molar-refractivity contribution in [3.8, 4) is 10.7 Å². The number of aromatic amines is 1. The van der Waals surface area contributed by atoms with Gasteiger partial charge < -0.3 is 4.98 Å². The zero-order valence-corrected chi connectivity index (χ0v) is 11.8. The quantitative estimate of drug-likeness (QED) is 0.910. The predicted molar refractivity (Wildman–Crippen MR) is 72.9 cm³/mol. The summed E-state index contributed by atoms with van der Waals surface area (Å²) < 4.78 is 1.25. The number of hydrogen-bond acceptors (Lipinski definition) is 3. The van der Waals surface area contributed by atoms with Crippen LogP contribution in [0.4, 0.5) is 0 Å². The molecule has 2 aromatic rings. The summed E-state index contributed by atoms with van der Waals surface area (Å²) in [5.41, 5.74) is 0.745. The maximum atomic E-state index is 11.8. The number of halogens is 2. The highest BCUT2D eigenvalue weighted by atomic mass is 79.9. The van der Waals surface area contributed by atoms with Crippen LogP contribution in [0.1, 0.15) is 24.5 Å². The second-order valence-electron chi connectivity index (χ2n) is 3.99. The van der Waals surface area contributed by atoms with E-state index in [1.54, 1.807) is 6.07 Å². The molecule has 0 spiro atoms. The smallest absolute Gasteiger partial charge is 0.265 e. The molecule has 0 bridgehead atoms. The Morgan fingerprint density at radius 2 is 2.24 bits per heavy atom. The van der Waals surface area contributed by atoms with Crippen molar-refractivity contribution in [1.82, 2.24) is 9.97 Å². The third-order valence-electron chi connectivity index (χ3n) is 2.66. The topological polar surface area (TPSA) is 45.8 Å². The minimum Gasteiger partial charge on any atom is -0.305 e. The van der Waals surface area contributed by atoms with Crippen LogP contribution in [0.3, 0.4) is 0 Å². The third-order valence-corrected chi connectivity index (χ3v) is 4.66. The molecule has 0 aliphatic heterocycles. The van der Waals surface area contributed by atoms with Crippen LogP contribution in [-0.2, 0) is 0 Å². The number of nitrogens with zero attached hydrogens (tertiary/aromatic N) is 1. The van der Waals surface area contributed by atoms with Gasteiger partial charge in [0.15, 0.2) is 5.82 Å². The number of H-pyrrole nitrogens is 1. The maximum absolute atomic E-state index is 11.8. The minimum absolute atomic E-state index is 0.124. The van der Waals surface area contributed by atoms with Gasteiger partial charge in [0.05, 0.1) is 14.9 Å². The number of rotatable bonds is 2. The van der Waals surface area contributed by atoms with E-state index in [4.69, 9.17) is 11.6 Å². The van der Waals surface area contributed by atoms with Gasteiger partial charge in [-0.3, -0.25) is 4.79 Å². The van der Waals surface area contributed by atoms with Crippen molar-refractivity contribution in [2.45, 2.75) is 18.8 Å². The fourth-order valence-electron chi connectivity index (χ4n) is 1.66. The molecule has 0 unspecified atom stereocenters. The Morgan fingerprint density at radius 1 is 1.47 bits per heavy atom. The molecule has 1 fully saturated rings. The average Bonchev–Trinajstić information content (AvgIpc) is 3.05. The summed E-state index contributed by atoms with van der Waals surface area (Å²) in [6, 6.07) is 3.68. The Hall–Kier alpha value is -0.650. The molecule has 17 heavy (non-hydrogen) atoms. The second kappa shape index (κ2) is 4.23. The van der Waals surface area contributed by atoms with Crippen LogP contribution in [-0.4, -0.2) is 9.97 Å². The summed E-state index contributed by atoms with van der Waals surface area (Å²) in [5, 5.41) is 0. The molecule has 1 saturated carbocycles. The van der Waals surface area contributed by atoms with E-state index in [9.17, 15) is 4.79 Å². The lowest BCUT2D eigenvalue weighted by Gasteiger charge is -2.03. The van der Waals surface area contributed by atoms with Crippen LogP contribution in [0.2, 0.25) is 4.34 Å². The summed E-state index contributed by atoms with van der Waals surface area (Å²) in [6.07, 6.45) is 2.22. The van der Waals surface area contributed by atoms with Gasteiger partial charge in [-0.25, -0.2) is 4.98 Å². The molecule has 1 aliphatic carbocycles. The number of aromatic nitrogens is 2. The molecule has 1 aliphatic rings. The molecule has 3 nitrogen and oxygen atoms in total. The molecule has 0 radical (unpaired) electrons. The molecule has 0 aromatic carbocycles. The van der Waals surface area contributed by atoms with Crippen LogP contribution in [0.25, 0.3) is 10.7 Å². The highest BCUT2D eigenvalue weighted by Crippen LogP contribution is 2.42. The molecule has 2 aromatic heterocycles. The van der Waals surface area contributed by atoms with E-state index < -0.39 is 0 Å². The number of nitrogens with one attached hydrogen (secondary N) is 1. The first-order valence-corrected chi connectivity index (χ1v) is 7.19. The van der Waals surface area contributed by atoms with Gasteiger partial charge in [-0.1, -0.05) is 11.6 Å². The van der Waals surface area contributed by atoms with E-state index in [-0.39, 0.29) is 5.56 Å². The van der Waals surface area contributed by atoms with Gasteiger partial charge in [-0.2, -0.15) is 0 Å². The van der Waals surface area contributed by atoms with E-state index in [1.165, 1.54) is 11.3 Å². The van der Waals surface area contributed by atoms with Crippen molar-refractivity contribution in [2.75, 3.05) is 0 Å². The lowest BCUT2D eigenvalue weighted by atomic mass is 10.3. The Bertz CT molecular complexity index is 633. The molecule has 0 atom stereocenters. The molecular weight excluding hydrogens is 324 g/mol. The summed E-state index contributed by atoms with van der Waals surface area (Å²) >= 11 is 10.6. The van der Waals surface area contributed by atoms with Crippen molar-refractivity contribution >= 4 is 38.9 Å². The predicted octanol–water partition coefficient (Wildman–Crippen LogP) is 3.79. The van der Waals surface area contributed by atoms with Crippen LogP contribution < -0.4 is 5.56 Å².